The van der Waals surface area contributed by atoms with Crippen LogP contribution in [0.3, 0.4) is 0 Å². The molecule has 3 aromatic rings. The van der Waals surface area contributed by atoms with Crippen molar-refractivity contribution in [2.75, 3.05) is 36.0 Å². The molecule has 0 spiro atoms. The molecule has 0 N–H and O–H groups in total. The summed E-state index contributed by atoms with van der Waals surface area (Å²) in [5.41, 5.74) is 3.09. The van der Waals surface area contributed by atoms with Gasteiger partial charge in [0.05, 0.1) is 10.6 Å². The van der Waals surface area contributed by atoms with E-state index in [2.05, 4.69) is 83.3 Å². The Morgan fingerprint density at radius 1 is 1.00 bits per heavy atom. The van der Waals surface area contributed by atoms with Crippen molar-refractivity contribution in [3.8, 4) is 0 Å². The van der Waals surface area contributed by atoms with E-state index < -0.39 is 0 Å². The summed E-state index contributed by atoms with van der Waals surface area (Å²) in [6.45, 7) is 7.46. The number of hydrogen-bond donors (Lipinski definition) is 0. The zero-order chi connectivity index (χ0) is 26.5. The number of nitrogens with zero attached hydrogens (tertiary/aromatic N) is 4. The number of halogens is 1. The number of hydrogen-bond acceptors (Lipinski definition) is 5. The maximum absolute atomic E-state index is 13.9. The minimum Gasteiger partial charge on any atom is -0.368 e. The van der Waals surface area contributed by atoms with Gasteiger partial charge >= 0.3 is 0 Å². The first-order valence-electron chi connectivity index (χ1n) is 13.5. The standard InChI is InChI=1S/C31H35ClN4OS/c1-3-4-16-28(30(37)35-19-17-34(18-20-35)26-13-6-5-7-14-26)38-31-33-29-23(2)10-8-11-24(29)22-36(31)27-15-9-12-25(32)21-27/h5-15,21-22,28,31H,3-4,16-20H2,1-2H3. The van der Waals surface area contributed by atoms with Crippen molar-refractivity contribution in [3.05, 3.63) is 94.0 Å². The predicted molar refractivity (Wildman–Crippen MR) is 160 cm³/mol. The van der Waals surface area contributed by atoms with Crippen molar-refractivity contribution in [3.63, 3.8) is 0 Å². The van der Waals surface area contributed by atoms with Gasteiger partial charge in [-0.2, -0.15) is 0 Å². The van der Waals surface area contributed by atoms with Gasteiger partial charge < -0.3 is 14.7 Å². The van der Waals surface area contributed by atoms with E-state index in [1.165, 1.54) is 5.69 Å². The highest BCUT2D eigenvalue weighted by Crippen LogP contribution is 2.33. The molecule has 2 heterocycles. The molecule has 0 radical (unpaired) electrons. The van der Waals surface area contributed by atoms with Crippen LogP contribution in [0.1, 0.15) is 31.7 Å². The van der Waals surface area contributed by atoms with E-state index in [-0.39, 0.29) is 16.7 Å². The van der Waals surface area contributed by atoms with Crippen molar-refractivity contribution < 1.29 is 4.79 Å². The van der Waals surface area contributed by atoms with Crippen molar-refractivity contribution in [2.45, 2.75) is 43.9 Å². The zero-order valence-electron chi connectivity index (χ0n) is 22.1. The fraction of sp³-hybridized carbons (Fsp3) is 0.355. The number of thioether (sulfide) groups is 1. The van der Waals surface area contributed by atoms with Gasteiger partial charge in [-0.1, -0.05) is 85.6 Å². The molecule has 7 heteroatoms. The topological polar surface area (TPSA) is 39.2 Å². The van der Waals surface area contributed by atoms with E-state index in [0.29, 0.717) is 5.02 Å². The summed E-state index contributed by atoms with van der Waals surface area (Å²) in [6, 6.07) is 24.6. The molecule has 2 aliphatic heterocycles. The number of rotatable bonds is 8. The highest BCUT2D eigenvalue weighted by Gasteiger charge is 2.32. The minimum absolute atomic E-state index is 0.160. The van der Waals surface area contributed by atoms with Gasteiger partial charge in [-0.3, -0.25) is 4.79 Å². The average Bonchev–Trinajstić information content (AvgIpc) is 2.95. The number of benzene rings is 3. The second kappa shape index (κ2) is 12.3. The van der Waals surface area contributed by atoms with Crippen LogP contribution in [0.15, 0.2) is 77.8 Å². The lowest BCUT2D eigenvalue weighted by molar-refractivity contribution is -0.131. The van der Waals surface area contributed by atoms with Gasteiger partial charge in [-0.15, -0.1) is 0 Å². The second-order valence-corrected chi connectivity index (χ2v) is 11.6. The third-order valence-corrected chi connectivity index (χ3v) is 8.80. The summed E-state index contributed by atoms with van der Waals surface area (Å²) in [7, 11) is 0. The molecule has 5 nitrogen and oxygen atoms in total. The second-order valence-electron chi connectivity index (χ2n) is 9.90. The molecule has 0 aromatic heterocycles. The number of anilines is 2. The summed E-state index contributed by atoms with van der Waals surface area (Å²) in [4.78, 5) is 25.7. The number of piperazine rings is 1. The Labute approximate surface area is 234 Å². The highest BCUT2D eigenvalue weighted by atomic mass is 35.5. The molecule has 0 aliphatic carbocycles. The molecule has 2 aliphatic rings. The van der Waals surface area contributed by atoms with Crippen LogP contribution >= 0.6 is 23.4 Å². The number of fused-ring (bicyclic) bond motifs is 1. The molecular weight excluding hydrogens is 512 g/mol. The van der Waals surface area contributed by atoms with Gasteiger partial charge in [-0.25, -0.2) is 4.99 Å². The lowest BCUT2D eigenvalue weighted by Crippen LogP contribution is -2.51. The van der Waals surface area contributed by atoms with Crippen LogP contribution in [0.4, 0.5) is 11.4 Å². The van der Waals surface area contributed by atoms with Crippen molar-refractivity contribution in [1.82, 2.24) is 4.90 Å². The first kappa shape index (κ1) is 26.6. The number of carbonyl (C=O) groups excluding carboxylic acids is 1. The lowest BCUT2D eigenvalue weighted by atomic mass is 10.1. The fourth-order valence-electron chi connectivity index (χ4n) is 5.10. The van der Waals surface area contributed by atoms with E-state index in [0.717, 1.165) is 67.3 Å². The smallest absolute Gasteiger partial charge is 0.235 e. The monoisotopic (exact) mass is 546 g/mol. The molecule has 5 rings (SSSR count). The molecule has 1 fully saturated rings. The van der Waals surface area contributed by atoms with Crippen LogP contribution in [0.2, 0.25) is 5.02 Å². The number of unbranched alkanes of at least 4 members (excludes halogenated alkanes) is 1. The van der Waals surface area contributed by atoms with Crippen LogP contribution in [-0.2, 0) is 4.79 Å². The van der Waals surface area contributed by atoms with Gasteiger partial charge in [0.1, 0.15) is 0 Å². The van der Waals surface area contributed by atoms with Crippen LogP contribution < -0.4 is 20.4 Å². The number of aryl methyl sites for hydroxylation is 1. The molecule has 38 heavy (non-hydrogen) atoms. The molecule has 3 aromatic carbocycles. The maximum atomic E-state index is 13.9. The molecule has 198 valence electrons. The van der Waals surface area contributed by atoms with E-state index in [1.54, 1.807) is 11.8 Å². The highest BCUT2D eigenvalue weighted by molar-refractivity contribution is 8.01. The Morgan fingerprint density at radius 3 is 2.47 bits per heavy atom. The number of para-hydroxylation sites is 2. The molecule has 2 unspecified atom stereocenters. The van der Waals surface area contributed by atoms with E-state index >= 15 is 0 Å². The molecule has 0 bridgehead atoms. The normalized spacial score (nSPS) is 17.9. The third kappa shape index (κ3) is 6.02. The summed E-state index contributed by atoms with van der Waals surface area (Å²) in [5, 5.41) is 2.61. The Bertz CT molecular complexity index is 1370. The largest absolute Gasteiger partial charge is 0.368 e. The Morgan fingerprint density at radius 2 is 1.74 bits per heavy atom. The number of carbonyl (C=O) groups is 1. The molecule has 2 atom stereocenters. The first-order chi connectivity index (χ1) is 18.5. The summed E-state index contributed by atoms with van der Waals surface area (Å²) in [5.74, 6) is 0.230. The van der Waals surface area contributed by atoms with E-state index in [9.17, 15) is 4.79 Å². The van der Waals surface area contributed by atoms with Crippen LogP contribution in [0.5, 0.6) is 0 Å². The van der Waals surface area contributed by atoms with Crippen molar-refractivity contribution in [1.29, 1.82) is 0 Å². The number of amides is 1. The van der Waals surface area contributed by atoms with Gasteiger partial charge in [0.15, 0.2) is 5.50 Å². The lowest BCUT2D eigenvalue weighted by Gasteiger charge is -2.38. The minimum atomic E-state index is -0.251. The fourth-order valence-corrected chi connectivity index (χ4v) is 6.62. The average molecular weight is 547 g/mol. The summed E-state index contributed by atoms with van der Waals surface area (Å²) >= 11 is 8.04. The maximum Gasteiger partial charge on any atom is 0.235 e. The van der Waals surface area contributed by atoms with Crippen LogP contribution in [0, 0.1) is 6.92 Å². The molecule has 1 saturated heterocycles. The van der Waals surface area contributed by atoms with Crippen LogP contribution in [0.25, 0.3) is 6.20 Å². The Kier molecular flexibility index (Phi) is 8.60. The molecule has 1 amide bonds. The van der Waals surface area contributed by atoms with Gasteiger partial charge in [0, 0.05) is 54.0 Å². The quantitative estimate of drug-likeness (QED) is 0.376. The summed E-state index contributed by atoms with van der Waals surface area (Å²) in [6.07, 6.45) is 5.06. The SMILES string of the molecule is CCCCC(SC1N=c2c(C)cccc2=CN1c1cccc(Cl)c1)C(=O)N1CCN(c2ccccc2)CC1. The first-order valence-corrected chi connectivity index (χ1v) is 14.8. The molecular formula is C31H35ClN4OS. The van der Waals surface area contributed by atoms with Gasteiger partial charge in [0.2, 0.25) is 5.91 Å². The van der Waals surface area contributed by atoms with Gasteiger partial charge in [-0.05, 0) is 49.2 Å². The van der Waals surface area contributed by atoms with Crippen LogP contribution in [-0.4, -0.2) is 47.7 Å². The van der Waals surface area contributed by atoms with E-state index in [1.807, 2.05) is 24.3 Å². The molecule has 0 saturated carbocycles. The Hall–Kier alpha value is -2.96. The van der Waals surface area contributed by atoms with Crippen molar-refractivity contribution >= 4 is 46.8 Å². The predicted octanol–water partition coefficient (Wildman–Crippen LogP) is 5.45. The summed E-state index contributed by atoms with van der Waals surface area (Å²) < 4.78 is 0. The van der Waals surface area contributed by atoms with Gasteiger partial charge in [0.25, 0.3) is 0 Å². The van der Waals surface area contributed by atoms with Crippen molar-refractivity contribution in [2.24, 2.45) is 4.99 Å². The zero-order valence-corrected chi connectivity index (χ0v) is 23.7. The Balaban J connectivity index is 1.39. The third-order valence-electron chi connectivity index (χ3n) is 7.22. The van der Waals surface area contributed by atoms with E-state index in [4.69, 9.17) is 16.6 Å².